The Kier molecular flexibility index (Phi) is 4.68. The smallest absolute Gasteiger partial charge is 0.123 e. The first-order valence-corrected chi connectivity index (χ1v) is 7.78. The molecule has 2 rings (SSSR count). The number of methoxy groups -OCH3 is 1. The third-order valence-electron chi connectivity index (χ3n) is 2.92. The molecular weight excluding hydrogens is 294 g/mol. The molecule has 1 atom stereocenters. The van der Waals surface area contributed by atoms with Crippen molar-refractivity contribution in [3.05, 3.63) is 52.5 Å². The Bertz CT molecular complexity index is 658. The van der Waals surface area contributed by atoms with Gasteiger partial charge in [-0.15, -0.1) is 0 Å². The summed E-state index contributed by atoms with van der Waals surface area (Å²) in [6.45, 7) is 1.99. The summed E-state index contributed by atoms with van der Waals surface area (Å²) in [6.07, 6.45) is 0. The maximum atomic E-state index is 12.5. The molecule has 3 nitrogen and oxygen atoms in total. The number of rotatable bonds is 4. The summed E-state index contributed by atoms with van der Waals surface area (Å²) in [5.74, 6) is 1.07. The maximum Gasteiger partial charge on any atom is 0.123 e. The van der Waals surface area contributed by atoms with Gasteiger partial charge in [-0.05, 0) is 31.2 Å². The van der Waals surface area contributed by atoms with Gasteiger partial charge in [-0.2, -0.15) is 0 Å². The van der Waals surface area contributed by atoms with Crippen molar-refractivity contribution < 1.29 is 8.95 Å². The van der Waals surface area contributed by atoms with E-state index in [0.29, 0.717) is 21.4 Å². The van der Waals surface area contributed by atoms with Gasteiger partial charge in [-0.1, -0.05) is 29.3 Å². The largest absolute Gasteiger partial charge is 0.496 e. The monoisotopic (exact) mass is 309 g/mol. The minimum atomic E-state index is -1.27. The van der Waals surface area contributed by atoms with Crippen molar-refractivity contribution in [1.82, 2.24) is 0 Å². The first-order chi connectivity index (χ1) is 9.51. The van der Waals surface area contributed by atoms with Crippen LogP contribution in [0.15, 0.2) is 41.3 Å². The summed E-state index contributed by atoms with van der Waals surface area (Å²) < 4.78 is 17.8. The SMILES string of the molecule is COc1ccc(C)cc1CS(=O)c1cc(N)ccc1Cl. The molecule has 0 saturated carbocycles. The molecule has 0 aliphatic carbocycles. The van der Waals surface area contributed by atoms with E-state index >= 15 is 0 Å². The highest BCUT2D eigenvalue weighted by atomic mass is 35.5. The zero-order valence-corrected chi connectivity index (χ0v) is 12.9. The lowest BCUT2D eigenvalue weighted by atomic mass is 10.1. The Morgan fingerprint density at radius 3 is 2.70 bits per heavy atom. The lowest BCUT2D eigenvalue weighted by Gasteiger charge is -2.10. The normalized spacial score (nSPS) is 12.2. The van der Waals surface area contributed by atoms with Gasteiger partial charge in [-0.25, -0.2) is 0 Å². The van der Waals surface area contributed by atoms with E-state index in [9.17, 15) is 4.21 Å². The molecule has 0 aromatic heterocycles. The summed E-state index contributed by atoms with van der Waals surface area (Å²) in [5, 5.41) is 0.462. The third-order valence-corrected chi connectivity index (χ3v) is 4.77. The van der Waals surface area contributed by atoms with Crippen LogP contribution in [0.4, 0.5) is 5.69 Å². The fourth-order valence-electron chi connectivity index (χ4n) is 1.93. The van der Waals surface area contributed by atoms with Crippen LogP contribution in [0.3, 0.4) is 0 Å². The van der Waals surface area contributed by atoms with E-state index in [1.807, 2.05) is 25.1 Å². The molecule has 0 saturated heterocycles. The van der Waals surface area contributed by atoms with Gasteiger partial charge in [0.2, 0.25) is 0 Å². The highest BCUT2D eigenvalue weighted by molar-refractivity contribution is 7.84. The molecule has 0 amide bonds. The van der Waals surface area contributed by atoms with Crippen LogP contribution in [-0.4, -0.2) is 11.3 Å². The number of ether oxygens (including phenoxy) is 1. The van der Waals surface area contributed by atoms with Crippen LogP contribution >= 0.6 is 11.6 Å². The summed E-state index contributed by atoms with van der Waals surface area (Å²) in [6, 6.07) is 10.8. The average Bonchev–Trinajstić information content (AvgIpc) is 2.41. The minimum Gasteiger partial charge on any atom is -0.496 e. The quantitative estimate of drug-likeness (QED) is 0.879. The molecule has 0 aliphatic heterocycles. The van der Waals surface area contributed by atoms with Crippen LogP contribution in [0.25, 0.3) is 0 Å². The Labute approximate surface area is 126 Å². The lowest BCUT2D eigenvalue weighted by Crippen LogP contribution is -2.01. The molecule has 2 aromatic rings. The number of benzene rings is 2. The highest BCUT2D eigenvalue weighted by Crippen LogP contribution is 2.27. The van der Waals surface area contributed by atoms with E-state index < -0.39 is 10.8 Å². The predicted octanol–water partition coefficient (Wildman–Crippen LogP) is 3.55. The molecule has 0 fully saturated rings. The second kappa shape index (κ2) is 6.29. The van der Waals surface area contributed by atoms with Crippen molar-refractivity contribution in [2.75, 3.05) is 12.8 Å². The molecule has 5 heteroatoms. The first kappa shape index (κ1) is 14.9. The van der Waals surface area contributed by atoms with Gasteiger partial charge in [0.1, 0.15) is 5.75 Å². The Morgan fingerprint density at radius 1 is 1.25 bits per heavy atom. The van der Waals surface area contributed by atoms with Crippen molar-refractivity contribution >= 4 is 28.1 Å². The van der Waals surface area contributed by atoms with E-state index in [-0.39, 0.29) is 0 Å². The number of halogens is 1. The highest BCUT2D eigenvalue weighted by Gasteiger charge is 2.13. The molecule has 0 spiro atoms. The Hall–Kier alpha value is -1.52. The first-order valence-electron chi connectivity index (χ1n) is 6.08. The molecular formula is C15H16ClNO2S. The molecule has 2 N–H and O–H groups in total. The third kappa shape index (κ3) is 3.32. The number of nitrogen functional groups attached to an aromatic ring is 1. The van der Waals surface area contributed by atoms with Gasteiger partial charge >= 0.3 is 0 Å². The Morgan fingerprint density at radius 2 is 2.00 bits per heavy atom. The maximum absolute atomic E-state index is 12.5. The number of hydrogen-bond acceptors (Lipinski definition) is 3. The summed E-state index contributed by atoms with van der Waals surface area (Å²) >= 11 is 6.08. The zero-order valence-electron chi connectivity index (χ0n) is 11.4. The molecule has 0 heterocycles. The molecule has 106 valence electrons. The summed E-state index contributed by atoms with van der Waals surface area (Å²) in [4.78, 5) is 0.551. The second-order valence-electron chi connectivity index (χ2n) is 4.50. The fourth-order valence-corrected chi connectivity index (χ4v) is 3.53. The number of hydrogen-bond donors (Lipinski definition) is 1. The lowest BCUT2D eigenvalue weighted by molar-refractivity contribution is 0.411. The van der Waals surface area contributed by atoms with E-state index in [1.54, 1.807) is 25.3 Å². The molecule has 0 bridgehead atoms. The van der Waals surface area contributed by atoms with Gasteiger partial charge in [0, 0.05) is 11.3 Å². The van der Waals surface area contributed by atoms with Gasteiger partial charge in [-0.3, -0.25) is 4.21 Å². The summed E-state index contributed by atoms with van der Waals surface area (Å²) in [7, 11) is 0.333. The van der Waals surface area contributed by atoms with Crippen molar-refractivity contribution in [2.45, 2.75) is 17.6 Å². The van der Waals surface area contributed by atoms with E-state index in [0.717, 1.165) is 16.9 Å². The van der Waals surface area contributed by atoms with Crippen LogP contribution in [0.5, 0.6) is 5.75 Å². The van der Waals surface area contributed by atoms with Crippen LogP contribution in [0.2, 0.25) is 5.02 Å². The van der Waals surface area contributed by atoms with E-state index in [4.69, 9.17) is 22.1 Å². The number of aryl methyl sites for hydroxylation is 1. The molecule has 0 radical (unpaired) electrons. The second-order valence-corrected chi connectivity index (χ2v) is 6.32. The van der Waals surface area contributed by atoms with Crippen LogP contribution < -0.4 is 10.5 Å². The molecule has 0 aliphatic rings. The van der Waals surface area contributed by atoms with E-state index in [1.165, 1.54) is 0 Å². The van der Waals surface area contributed by atoms with Crippen molar-refractivity contribution in [3.8, 4) is 5.75 Å². The molecule has 2 aromatic carbocycles. The van der Waals surface area contributed by atoms with Gasteiger partial charge in [0.05, 0.1) is 33.6 Å². The Balaban J connectivity index is 2.32. The minimum absolute atomic E-state index is 0.341. The number of nitrogens with two attached hydrogens (primary N) is 1. The van der Waals surface area contributed by atoms with Crippen LogP contribution in [0.1, 0.15) is 11.1 Å². The molecule has 1 unspecified atom stereocenters. The fraction of sp³-hybridized carbons (Fsp3) is 0.200. The standard InChI is InChI=1S/C15H16ClNO2S/c1-10-3-6-14(19-2)11(7-10)9-20(18)15-8-12(17)4-5-13(15)16/h3-8H,9,17H2,1-2H3. The zero-order chi connectivity index (χ0) is 14.7. The topological polar surface area (TPSA) is 52.3 Å². The van der Waals surface area contributed by atoms with Crippen molar-refractivity contribution in [1.29, 1.82) is 0 Å². The van der Waals surface area contributed by atoms with Crippen molar-refractivity contribution in [2.24, 2.45) is 0 Å². The van der Waals surface area contributed by atoms with Crippen molar-refractivity contribution in [3.63, 3.8) is 0 Å². The summed E-state index contributed by atoms with van der Waals surface area (Å²) in [5.41, 5.74) is 8.26. The van der Waals surface area contributed by atoms with E-state index in [2.05, 4.69) is 0 Å². The molecule has 20 heavy (non-hydrogen) atoms. The number of anilines is 1. The predicted molar refractivity (Wildman–Crippen MR) is 83.7 cm³/mol. The van der Waals surface area contributed by atoms with Gasteiger partial charge < -0.3 is 10.5 Å². The van der Waals surface area contributed by atoms with Crippen LogP contribution in [-0.2, 0) is 16.6 Å². The van der Waals surface area contributed by atoms with Crippen LogP contribution in [0, 0.1) is 6.92 Å². The van der Waals surface area contributed by atoms with Gasteiger partial charge in [0.15, 0.2) is 0 Å². The van der Waals surface area contributed by atoms with Gasteiger partial charge in [0.25, 0.3) is 0 Å². The average molecular weight is 310 g/mol.